The second kappa shape index (κ2) is 6.70. The molecule has 0 bridgehead atoms. The summed E-state index contributed by atoms with van der Waals surface area (Å²) in [4.78, 5) is 8.48. The zero-order chi connectivity index (χ0) is 17.2. The van der Waals surface area contributed by atoms with Crippen LogP contribution < -0.4 is 5.32 Å². The molecule has 0 saturated carbocycles. The van der Waals surface area contributed by atoms with Crippen molar-refractivity contribution in [2.24, 2.45) is 0 Å². The summed E-state index contributed by atoms with van der Waals surface area (Å²) in [5.74, 6) is 0.640. The standard InChI is InChI=1S/C18H12Cl2N4O/c19-13-5-1-3-11(7-13)9-21-17-15-16(12-4-2-6-14(20)8-12)24-25-18(15)23-10-22-17/h1-8,10H,9H2,(H,21,22,23). The fourth-order valence-corrected chi connectivity index (χ4v) is 2.99. The summed E-state index contributed by atoms with van der Waals surface area (Å²) in [7, 11) is 0. The summed E-state index contributed by atoms with van der Waals surface area (Å²) in [5, 5.41) is 9.47. The average molecular weight is 371 g/mol. The first-order chi connectivity index (χ1) is 12.2. The summed E-state index contributed by atoms with van der Waals surface area (Å²) < 4.78 is 5.35. The average Bonchev–Trinajstić information content (AvgIpc) is 3.05. The van der Waals surface area contributed by atoms with E-state index >= 15 is 0 Å². The van der Waals surface area contributed by atoms with Crippen LogP contribution in [0, 0.1) is 0 Å². The highest BCUT2D eigenvalue weighted by Gasteiger charge is 2.16. The molecule has 0 radical (unpaired) electrons. The molecule has 4 aromatic rings. The predicted octanol–water partition coefficient (Wildman–Crippen LogP) is 5.20. The van der Waals surface area contributed by atoms with Gasteiger partial charge >= 0.3 is 0 Å². The van der Waals surface area contributed by atoms with Gasteiger partial charge in [0.1, 0.15) is 23.2 Å². The molecule has 7 heteroatoms. The van der Waals surface area contributed by atoms with Crippen LogP contribution in [0.15, 0.2) is 59.4 Å². The Hall–Kier alpha value is -2.63. The number of nitrogens with one attached hydrogen (secondary N) is 1. The maximum atomic E-state index is 6.09. The van der Waals surface area contributed by atoms with Crippen LogP contribution in [0.3, 0.4) is 0 Å². The lowest BCUT2D eigenvalue weighted by molar-refractivity contribution is 0.451. The van der Waals surface area contributed by atoms with E-state index in [1.165, 1.54) is 6.33 Å². The fourth-order valence-electron chi connectivity index (χ4n) is 2.59. The number of rotatable bonds is 4. The highest BCUT2D eigenvalue weighted by Crippen LogP contribution is 2.32. The summed E-state index contributed by atoms with van der Waals surface area (Å²) >= 11 is 12.1. The van der Waals surface area contributed by atoms with Gasteiger partial charge in [-0.15, -0.1) is 0 Å². The van der Waals surface area contributed by atoms with Crippen molar-refractivity contribution in [3.8, 4) is 11.3 Å². The van der Waals surface area contributed by atoms with E-state index in [4.69, 9.17) is 27.7 Å². The third-order valence-corrected chi connectivity index (χ3v) is 4.19. The van der Waals surface area contributed by atoms with Crippen molar-refractivity contribution in [3.63, 3.8) is 0 Å². The van der Waals surface area contributed by atoms with E-state index in [9.17, 15) is 0 Å². The van der Waals surface area contributed by atoms with Gasteiger partial charge in [-0.05, 0) is 29.8 Å². The number of hydrogen-bond acceptors (Lipinski definition) is 5. The van der Waals surface area contributed by atoms with Crippen molar-refractivity contribution in [2.45, 2.75) is 6.54 Å². The minimum atomic E-state index is 0.415. The van der Waals surface area contributed by atoms with Crippen LogP contribution in [-0.4, -0.2) is 15.1 Å². The first-order valence-corrected chi connectivity index (χ1v) is 8.31. The number of halogens is 2. The maximum Gasteiger partial charge on any atom is 0.263 e. The van der Waals surface area contributed by atoms with E-state index in [-0.39, 0.29) is 0 Å². The molecule has 2 aromatic heterocycles. The molecule has 0 aliphatic rings. The van der Waals surface area contributed by atoms with E-state index in [2.05, 4.69) is 20.4 Å². The van der Waals surface area contributed by atoms with Crippen molar-refractivity contribution >= 4 is 40.1 Å². The summed E-state index contributed by atoms with van der Waals surface area (Å²) in [6.07, 6.45) is 1.44. The summed E-state index contributed by atoms with van der Waals surface area (Å²) in [5.41, 5.74) is 2.94. The van der Waals surface area contributed by atoms with Crippen LogP contribution in [0.1, 0.15) is 5.56 Å². The van der Waals surface area contributed by atoms with Gasteiger partial charge in [0, 0.05) is 22.2 Å². The number of hydrogen-bond donors (Lipinski definition) is 1. The van der Waals surface area contributed by atoms with E-state index in [1.54, 1.807) is 0 Å². The molecule has 0 aliphatic carbocycles. The Morgan fingerprint density at radius 2 is 1.76 bits per heavy atom. The quantitative estimate of drug-likeness (QED) is 0.534. The number of anilines is 1. The van der Waals surface area contributed by atoms with E-state index in [0.717, 1.165) is 11.1 Å². The number of benzene rings is 2. The fraction of sp³-hybridized carbons (Fsp3) is 0.0556. The monoisotopic (exact) mass is 370 g/mol. The van der Waals surface area contributed by atoms with Crippen LogP contribution in [0.25, 0.3) is 22.4 Å². The van der Waals surface area contributed by atoms with Gasteiger partial charge in [0.2, 0.25) is 0 Å². The van der Waals surface area contributed by atoms with Gasteiger partial charge in [-0.3, -0.25) is 0 Å². The van der Waals surface area contributed by atoms with Crippen molar-refractivity contribution in [2.75, 3.05) is 5.32 Å². The number of nitrogens with zero attached hydrogens (tertiary/aromatic N) is 3. The highest BCUT2D eigenvalue weighted by atomic mass is 35.5. The van der Waals surface area contributed by atoms with Gasteiger partial charge in [0.25, 0.3) is 5.71 Å². The Kier molecular flexibility index (Phi) is 4.26. The largest absolute Gasteiger partial charge is 0.365 e. The molecule has 0 fully saturated rings. The molecule has 1 N–H and O–H groups in total. The minimum absolute atomic E-state index is 0.415. The first kappa shape index (κ1) is 15.9. The van der Waals surface area contributed by atoms with Crippen molar-refractivity contribution in [1.29, 1.82) is 0 Å². The Morgan fingerprint density at radius 1 is 0.960 bits per heavy atom. The molecule has 0 spiro atoms. The van der Waals surface area contributed by atoms with Gasteiger partial charge < -0.3 is 9.84 Å². The van der Waals surface area contributed by atoms with Crippen molar-refractivity contribution < 1.29 is 4.52 Å². The van der Waals surface area contributed by atoms with E-state index in [0.29, 0.717) is 39.2 Å². The van der Waals surface area contributed by atoms with E-state index in [1.807, 2.05) is 48.5 Å². The lowest BCUT2D eigenvalue weighted by Gasteiger charge is -2.07. The smallest absolute Gasteiger partial charge is 0.263 e. The molecule has 2 heterocycles. The molecule has 124 valence electrons. The van der Waals surface area contributed by atoms with Crippen molar-refractivity contribution in [3.05, 3.63) is 70.5 Å². The zero-order valence-corrected chi connectivity index (χ0v) is 14.4. The summed E-state index contributed by atoms with van der Waals surface area (Å²) in [6.45, 7) is 0.562. The Balaban J connectivity index is 1.73. The molecule has 4 rings (SSSR count). The van der Waals surface area contributed by atoms with Crippen LogP contribution in [0.4, 0.5) is 5.82 Å². The normalized spacial score (nSPS) is 11.0. The maximum absolute atomic E-state index is 6.09. The van der Waals surface area contributed by atoms with Gasteiger partial charge in [0.15, 0.2) is 0 Å². The molecule has 0 saturated heterocycles. The van der Waals surface area contributed by atoms with Crippen LogP contribution in [0.5, 0.6) is 0 Å². The van der Waals surface area contributed by atoms with Gasteiger partial charge in [-0.1, -0.05) is 52.6 Å². The Morgan fingerprint density at radius 3 is 2.56 bits per heavy atom. The molecule has 5 nitrogen and oxygen atoms in total. The second-order valence-corrected chi connectivity index (χ2v) is 6.30. The second-order valence-electron chi connectivity index (χ2n) is 5.43. The molecular weight excluding hydrogens is 359 g/mol. The lowest BCUT2D eigenvalue weighted by atomic mass is 10.1. The summed E-state index contributed by atoms with van der Waals surface area (Å²) in [6, 6.07) is 15.0. The first-order valence-electron chi connectivity index (χ1n) is 7.55. The number of fused-ring (bicyclic) bond motifs is 1. The molecule has 0 unspecified atom stereocenters. The number of aromatic nitrogens is 3. The third kappa shape index (κ3) is 3.29. The topological polar surface area (TPSA) is 63.8 Å². The molecule has 0 amide bonds. The van der Waals surface area contributed by atoms with Gasteiger partial charge in [-0.2, -0.15) is 4.98 Å². The molecule has 0 aliphatic heterocycles. The third-order valence-electron chi connectivity index (χ3n) is 3.72. The molecular formula is C18H12Cl2N4O. The molecule has 2 aromatic carbocycles. The Labute approximate surface area is 153 Å². The Bertz CT molecular complexity index is 1050. The molecule has 0 atom stereocenters. The predicted molar refractivity (Wildman–Crippen MR) is 98.8 cm³/mol. The van der Waals surface area contributed by atoms with Crippen LogP contribution in [-0.2, 0) is 6.54 Å². The van der Waals surface area contributed by atoms with Gasteiger partial charge in [0.05, 0.1) is 0 Å². The van der Waals surface area contributed by atoms with Crippen molar-refractivity contribution in [1.82, 2.24) is 15.1 Å². The van der Waals surface area contributed by atoms with Crippen LogP contribution >= 0.6 is 23.2 Å². The van der Waals surface area contributed by atoms with E-state index < -0.39 is 0 Å². The van der Waals surface area contributed by atoms with Crippen LogP contribution in [0.2, 0.25) is 10.0 Å². The van der Waals surface area contributed by atoms with Gasteiger partial charge in [-0.25, -0.2) is 4.98 Å². The minimum Gasteiger partial charge on any atom is -0.365 e. The SMILES string of the molecule is Clc1cccc(CNc2ncnc3onc(-c4cccc(Cl)c4)c23)c1. The zero-order valence-electron chi connectivity index (χ0n) is 12.9. The molecule has 25 heavy (non-hydrogen) atoms. The lowest BCUT2D eigenvalue weighted by Crippen LogP contribution is -2.02. The highest BCUT2D eigenvalue weighted by molar-refractivity contribution is 6.31.